The minimum absolute atomic E-state index is 0.0491. The van der Waals surface area contributed by atoms with Crippen LogP contribution in [0.25, 0.3) is 0 Å². The van der Waals surface area contributed by atoms with Crippen LogP contribution in [0.5, 0.6) is 5.88 Å². The van der Waals surface area contributed by atoms with E-state index in [0.717, 1.165) is 17.4 Å². The molecule has 124 valence electrons. The van der Waals surface area contributed by atoms with E-state index in [1.54, 1.807) is 0 Å². The third-order valence-electron chi connectivity index (χ3n) is 2.49. The Labute approximate surface area is 131 Å². The van der Waals surface area contributed by atoms with Gasteiger partial charge in [-0.3, -0.25) is 9.48 Å². The molecule has 0 aliphatic rings. The van der Waals surface area contributed by atoms with E-state index < -0.39 is 24.7 Å². The number of rotatable bonds is 5. The first-order valence-electron chi connectivity index (χ1n) is 6.02. The Kier molecular flexibility index (Phi) is 4.59. The third-order valence-corrected chi connectivity index (χ3v) is 3.41. The molecule has 0 saturated carbocycles. The molecular weight excluding hydrogens is 339 g/mol. The first-order chi connectivity index (χ1) is 10.7. The number of carboxylic acids is 1. The van der Waals surface area contributed by atoms with Gasteiger partial charge in [-0.25, -0.2) is 4.79 Å². The van der Waals surface area contributed by atoms with Crippen molar-refractivity contribution in [3.63, 3.8) is 0 Å². The summed E-state index contributed by atoms with van der Waals surface area (Å²) in [5.41, 5.74) is -0.105. The van der Waals surface area contributed by atoms with Crippen LogP contribution in [-0.2, 0) is 7.05 Å². The zero-order chi connectivity index (χ0) is 17.2. The monoisotopic (exact) mass is 349 g/mol. The van der Waals surface area contributed by atoms with Crippen molar-refractivity contribution < 1.29 is 32.6 Å². The van der Waals surface area contributed by atoms with Gasteiger partial charge in [-0.2, -0.15) is 13.2 Å². The lowest BCUT2D eigenvalue weighted by molar-refractivity contribution is -0.154. The number of ether oxygens (including phenoxy) is 1. The van der Waals surface area contributed by atoms with E-state index in [9.17, 15) is 22.8 Å². The maximum atomic E-state index is 12.2. The summed E-state index contributed by atoms with van der Waals surface area (Å²) in [5.74, 6) is -2.24. The molecule has 0 atom stereocenters. The fraction of sp³-hybridized carbons (Fsp3) is 0.250. The maximum Gasteiger partial charge on any atom is 0.422 e. The molecule has 0 spiro atoms. The van der Waals surface area contributed by atoms with Crippen molar-refractivity contribution in [2.45, 2.75) is 6.18 Å². The van der Waals surface area contributed by atoms with Crippen LogP contribution in [0.1, 0.15) is 20.0 Å². The van der Waals surface area contributed by atoms with Crippen LogP contribution in [0.15, 0.2) is 17.6 Å². The molecule has 2 aromatic heterocycles. The fourth-order valence-electron chi connectivity index (χ4n) is 1.56. The molecule has 23 heavy (non-hydrogen) atoms. The normalized spacial score (nSPS) is 11.3. The van der Waals surface area contributed by atoms with E-state index in [1.165, 1.54) is 23.3 Å². The molecule has 2 heterocycles. The highest BCUT2D eigenvalue weighted by molar-refractivity contribution is 7.12. The average molecular weight is 349 g/mol. The Balaban J connectivity index is 2.12. The maximum absolute atomic E-state index is 12.2. The quantitative estimate of drug-likeness (QED) is 0.864. The number of nitrogens with one attached hydrogen (secondary N) is 1. The SMILES string of the molecule is Cn1cc(NC(=O)c2cc(C(=O)O)cs2)c(OCC(F)(F)F)n1. The summed E-state index contributed by atoms with van der Waals surface area (Å²) >= 11 is 0.895. The van der Waals surface area contributed by atoms with Crippen molar-refractivity contribution in [1.29, 1.82) is 0 Å². The first kappa shape index (κ1) is 16.8. The predicted octanol–water partition coefficient (Wildman–Crippen LogP) is 2.37. The molecule has 1 amide bonds. The number of aromatic carboxylic acids is 1. The second kappa shape index (κ2) is 6.28. The molecule has 7 nitrogen and oxygen atoms in total. The first-order valence-corrected chi connectivity index (χ1v) is 6.90. The molecule has 0 bridgehead atoms. The van der Waals surface area contributed by atoms with Gasteiger partial charge in [-0.15, -0.1) is 16.4 Å². The number of halogens is 3. The number of amides is 1. The largest absolute Gasteiger partial charge is 0.478 e. The smallest absolute Gasteiger partial charge is 0.422 e. The van der Waals surface area contributed by atoms with Crippen LogP contribution in [0.3, 0.4) is 0 Å². The number of anilines is 1. The van der Waals surface area contributed by atoms with Crippen LogP contribution in [0, 0.1) is 0 Å². The van der Waals surface area contributed by atoms with Gasteiger partial charge >= 0.3 is 12.1 Å². The molecule has 0 saturated heterocycles. The number of carbonyl (C=O) groups is 2. The number of thiophene rings is 1. The van der Waals surface area contributed by atoms with E-state index in [1.807, 2.05) is 0 Å². The number of nitrogens with zero attached hydrogens (tertiary/aromatic N) is 2. The van der Waals surface area contributed by atoms with Gasteiger partial charge in [-0.1, -0.05) is 0 Å². The number of alkyl halides is 3. The Morgan fingerprint density at radius 1 is 1.48 bits per heavy atom. The fourth-order valence-corrected chi connectivity index (χ4v) is 2.34. The van der Waals surface area contributed by atoms with Crippen molar-refractivity contribution in [3.05, 3.63) is 28.1 Å². The van der Waals surface area contributed by atoms with E-state index in [2.05, 4.69) is 15.2 Å². The summed E-state index contributed by atoms with van der Waals surface area (Å²) in [4.78, 5) is 22.9. The van der Waals surface area contributed by atoms with Crippen molar-refractivity contribution in [1.82, 2.24) is 9.78 Å². The molecule has 11 heteroatoms. The molecule has 0 aliphatic carbocycles. The molecule has 0 unspecified atom stereocenters. The summed E-state index contributed by atoms with van der Waals surface area (Å²) in [6, 6.07) is 1.16. The Bertz CT molecular complexity index is 738. The molecule has 2 aromatic rings. The Morgan fingerprint density at radius 2 is 2.17 bits per heavy atom. The van der Waals surface area contributed by atoms with Gasteiger partial charge in [0.15, 0.2) is 6.61 Å². The number of aromatic nitrogens is 2. The van der Waals surface area contributed by atoms with Gasteiger partial charge in [0.2, 0.25) is 0 Å². The zero-order valence-electron chi connectivity index (χ0n) is 11.5. The average Bonchev–Trinajstić information content (AvgIpc) is 3.02. The molecule has 2 N–H and O–H groups in total. The summed E-state index contributed by atoms with van der Waals surface area (Å²) in [7, 11) is 1.45. The van der Waals surface area contributed by atoms with Crippen LogP contribution in [0.4, 0.5) is 18.9 Å². The van der Waals surface area contributed by atoms with Gasteiger partial charge < -0.3 is 15.2 Å². The van der Waals surface area contributed by atoms with Crippen molar-refractivity contribution in [2.75, 3.05) is 11.9 Å². The van der Waals surface area contributed by atoms with E-state index in [0.29, 0.717) is 0 Å². The highest BCUT2D eigenvalue weighted by atomic mass is 32.1. The summed E-state index contributed by atoms with van der Waals surface area (Å²) < 4.78 is 42.3. The van der Waals surface area contributed by atoms with Crippen LogP contribution < -0.4 is 10.1 Å². The summed E-state index contributed by atoms with van der Waals surface area (Å²) in [6.45, 7) is -1.55. The van der Waals surface area contributed by atoms with Crippen LogP contribution in [0.2, 0.25) is 0 Å². The standard InChI is InChI=1S/C12H10F3N3O4S/c1-18-3-7(10(17-18)22-5-12(13,14)15)16-9(19)8-2-6(4-23-8)11(20)21/h2-4H,5H2,1H3,(H,16,19)(H,20,21). The van der Waals surface area contributed by atoms with Gasteiger partial charge in [0.25, 0.3) is 11.8 Å². The van der Waals surface area contributed by atoms with E-state index >= 15 is 0 Å². The molecule has 0 radical (unpaired) electrons. The molecule has 0 aromatic carbocycles. The lowest BCUT2D eigenvalue weighted by atomic mass is 10.3. The van der Waals surface area contributed by atoms with Crippen molar-refractivity contribution in [3.8, 4) is 5.88 Å². The molecule has 0 fully saturated rings. The van der Waals surface area contributed by atoms with E-state index in [-0.39, 0.29) is 22.0 Å². The second-order valence-corrected chi connectivity index (χ2v) is 5.30. The summed E-state index contributed by atoms with van der Waals surface area (Å²) in [6.07, 6.45) is -3.27. The van der Waals surface area contributed by atoms with Gasteiger partial charge in [0.1, 0.15) is 5.69 Å². The van der Waals surface area contributed by atoms with Crippen LogP contribution in [-0.4, -0.2) is 39.5 Å². The molecular formula is C12H10F3N3O4S. The minimum Gasteiger partial charge on any atom is -0.478 e. The second-order valence-electron chi connectivity index (χ2n) is 4.38. The minimum atomic E-state index is -4.54. The van der Waals surface area contributed by atoms with Gasteiger partial charge in [0.05, 0.1) is 16.6 Å². The van der Waals surface area contributed by atoms with Gasteiger partial charge in [-0.05, 0) is 6.07 Å². The van der Waals surface area contributed by atoms with Crippen LogP contribution >= 0.6 is 11.3 Å². The molecule has 2 rings (SSSR count). The van der Waals surface area contributed by atoms with Crippen molar-refractivity contribution in [2.24, 2.45) is 7.05 Å². The van der Waals surface area contributed by atoms with E-state index in [4.69, 9.17) is 5.11 Å². The number of carboxylic acid groups (broad SMARTS) is 1. The number of carbonyl (C=O) groups excluding carboxylic acids is 1. The number of aryl methyl sites for hydroxylation is 1. The number of hydrogen-bond donors (Lipinski definition) is 2. The predicted molar refractivity (Wildman–Crippen MR) is 74.0 cm³/mol. The van der Waals surface area contributed by atoms with Crippen molar-refractivity contribution >= 4 is 28.9 Å². The Hall–Kier alpha value is -2.56. The number of hydrogen-bond acceptors (Lipinski definition) is 5. The lowest BCUT2D eigenvalue weighted by Gasteiger charge is -2.08. The Morgan fingerprint density at radius 3 is 2.74 bits per heavy atom. The highest BCUT2D eigenvalue weighted by Crippen LogP contribution is 2.26. The lowest BCUT2D eigenvalue weighted by Crippen LogP contribution is -2.20. The summed E-state index contributed by atoms with van der Waals surface area (Å²) in [5, 5.41) is 16.1. The third kappa shape index (κ3) is 4.45. The zero-order valence-corrected chi connectivity index (χ0v) is 12.4. The van der Waals surface area contributed by atoms with Gasteiger partial charge in [0, 0.05) is 12.4 Å². The topological polar surface area (TPSA) is 93.5 Å². The highest BCUT2D eigenvalue weighted by Gasteiger charge is 2.29. The molecule has 0 aliphatic heterocycles.